The van der Waals surface area contributed by atoms with Crippen LogP contribution in [-0.4, -0.2) is 34.1 Å². The Morgan fingerprint density at radius 3 is 2.25 bits per heavy atom. The van der Waals surface area contributed by atoms with Crippen molar-refractivity contribution in [1.29, 1.82) is 0 Å². The van der Waals surface area contributed by atoms with Crippen molar-refractivity contribution < 1.29 is 15.3 Å². The summed E-state index contributed by atoms with van der Waals surface area (Å²) < 4.78 is 0. The largest absolute Gasteiger partial charge is 0.393 e. The van der Waals surface area contributed by atoms with Crippen LogP contribution in [0, 0.1) is 5.92 Å². The molecule has 12 heavy (non-hydrogen) atoms. The zero-order valence-electron chi connectivity index (χ0n) is 7.64. The molecular formula is C9H18O3. The Morgan fingerprint density at radius 2 is 1.83 bits per heavy atom. The Hall–Kier alpha value is -0.380. The van der Waals surface area contributed by atoms with Gasteiger partial charge < -0.3 is 15.3 Å². The van der Waals surface area contributed by atoms with Gasteiger partial charge in [-0.3, -0.25) is 0 Å². The Morgan fingerprint density at radius 1 is 1.25 bits per heavy atom. The molecule has 0 heterocycles. The van der Waals surface area contributed by atoms with Crippen molar-refractivity contribution in [1.82, 2.24) is 0 Å². The fourth-order valence-corrected chi connectivity index (χ4v) is 0.708. The molecular weight excluding hydrogens is 156 g/mol. The molecule has 0 saturated carbocycles. The van der Waals surface area contributed by atoms with E-state index in [0.29, 0.717) is 6.42 Å². The highest BCUT2D eigenvalue weighted by Gasteiger charge is 2.05. The lowest BCUT2D eigenvalue weighted by Crippen LogP contribution is -2.12. The predicted molar refractivity (Wildman–Crippen MR) is 47.7 cm³/mol. The van der Waals surface area contributed by atoms with Gasteiger partial charge in [0, 0.05) is 0 Å². The Balaban J connectivity index is 3.59. The molecule has 72 valence electrons. The highest BCUT2D eigenvalue weighted by atomic mass is 16.3. The van der Waals surface area contributed by atoms with Crippen LogP contribution in [0.4, 0.5) is 0 Å². The lowest BCUT2D eigenvalue weighted by atomic mass is 10.0. The van der Waals surface area contributed by atoms with Gasteiger partial charge >= 0.3 is 0 Å². The lowest BCUT2D eigenvalue weighted by molar-refractivity contribution is 0.128. The number of aliphatic hydroxyl groups is 3. The van der Waals surface area contributed by atoms with Gasteiger partial charge in [0.15, 0.2) is 0 Å². The summed E-state index contributed by atoms with van der Waals surface area (Å²) in [6.45, 7) is 3.42. The van der Waals surface area contributed by atoms with Crippen LogP contribution in [-0.2, 0) is 0 Å². The van der Waals surface area contributed by atoms with Gasteiger partial charge in [0.2, 0.25) is 0 Å². The first-order chi connectivity index (χ1) is 5.57. The van der Waals surface area contributed by atoms with Gasteiger partial charge in [-0.1, -0.05) is 19.1 Å². The van der Waals surface area contributed by atoms with E-state index in [1.165, 1.54) is 0 Å². The quantitative estimate of drug-likeness (QED) is 0.525. The standard InChI is InChI=1S/C9H18O3/c1-7(8(2)11)4-3-5-9(12)6-10/h3,5,7-12H,4,6H2,1-2H3/b5-3-/t7?,8?,9-/m1/s1. The molecule has 0 spiro atoms. The van der Waals surface area contributed by atoms with Crippen molar-refractivity contribution in [2.24, 2.45) is 5.92 Å². The second-order valence-electron chi connectivity index (χ2n) is 3.13. The fourth-order valence-electron chi connectivity index (χ4n) is 0.708. The van der Waals surface area contributed by atoms with E-state index in [1.807, 2.05) is 6.92 Å². The molecule has 0 aliphatic rings. The van der Waals surface area contributed by atoms with Crippen LogP contribution in [0.25, 0.3) is 0 Å². The summed E-state index contributed by atoms with van der Waals surface area (Å²) in [5.41, 5.74) is 0. The first-order valence-electron chi connectivity index (χ1n) is 4.21. The van der Waals surface area contributed by atoms with Crippen molar-refractivity contribution >= 4 is 0 Å². The van der Waals surface area contributed by atoms with E-state index in [2.05, 4.69) is 0 Å². The van der Waals surface area contributed by atoms with Gasteiger partial charge in [-0.15, -0.1) is 0 Å². The van der Waals surface area contributed by atoms with Crippen LogP contribution < -0.4 is 0 Å². The third-order valence-corrected chi connectivity index (χ3v) is 1.88. The smallest absolute Gasteiger partial charge is 0.0951 e. The molecule has 2 unspecified atom stereocenters. The Bertz CT molecular complexity index is 132. The van der Waals surface area contributed by atoms with E-state index < -0.39 is 6.10 Å². The number of rotatable bonds is 5. The van der Waals surface area contributed by atoms with Crippen LogP contribution in [0.15, 0.2) is 12.2 Å². The maximum Gasteiger partial charge on any atom is 0.0951 e. The van der Waals surface area contributed by atoms with Crippen molar-refractivity contribution in [3.63, 3.8) is 0 Å². The van der Waals surface area contributed by atoms with Crippen LogP contribution in [0.5, 0.6) is 0 Å². The molecule has 0 aromatic carbocycles. The molecule has 0 aliphatic carbocycles. The molecule has 3 N–H and O–H groups in total. The van der Waals surface area contributed by atoms with Crippen molar-refractivity contribution in [3.8, 4) is 0 Å². The molecule has 0 bridgehead atoms. The number of allylic oxidation sites excluding steroid dienone is 1. The van der Waals surface area contributed by atoms with Gasteiger partial charge in [-0.25, -0.2) is 0 Å². The van der Waals surface area contributed by atoms with E-state index in [-0.39, 0.29) is 18.6 Å². The van der Waals surface area contributed by atoms with E-state index in [1.54, 1.807) is 19.1 Å². The summed E-state index contributed by atoms with van der Waals surface area (Å²) in [5, 5.41) is 26.5. The maximum absolute atomic E-state index is 9.10. The van der Waals surface area contributed by atoms with Gasteiger partial charge in [-0.2, -0.15) is 0 Å². The minimum Gasteiger partial charge on any atom is -0.393 e. The first-order valence-corrected chi connectivity index (χ1v) is 4.21. The molecule has 0 aliphatic heterocycles. The summed E-state index contributed by atoms with van der Waals surface area (Å²) in [6, 6.07) is 0. The average Bonchev–Trinajstić information content (AvgIpc) is 2.03. The van der Waals surface area contributed by atoms with Crippen LogP contribution in [0.2, 0.25) is 0 Å². The maximum atomic E-state index is 9.10. The zero-order valence-corrected chi connectivity index (χ0v) is 7.64. The summed E-state index contributed by atoms with van der Waals surface area (Å²) in [5.74, 6) is 0.187. The minimum atomic E-state index is -0.772. The van der Waals surface area contributed by atoms with Gasteiger partial charge in [0.1, 0.15) is 0 Å². The predicted octanol–water partition coefficient (Wildman–Crippen LogP) is 0.303. The monoisotopic (exact) mass is 174 g/mol. The number of aliphatic hydroxyl groups excluding tert-OH is 3. The van der Waals surface area contributed by atoms with E-state index in [4.69, 9.17) is 15.3 Å². The first kappa shape index (κ1) is 11.6. The van der Waals surface area contributed by atoms with Crippen molar-refractivity contribution in [2.45, 2.75) is 32.5 Å². The van der Waals surface area contributed by atoms with Crippen LogP contribution >= 0.6 is 0 Å². The van der Waals surface area contributed by atoms with Crippen LogP contribution in [0.3, 0.4) is 0 Å². The van der Waals surface area contributed by atoms with E-state index in [0.717, 1.165) is 0 Å². The fraction of sp³-hybridized carbons (Fsp3) is 0.778. The summed E-state index contributed by atoms with van der Waals surface area (Å²) in [7, 11) is 0. The van der Waals surface area contributed by atoms with Gasteiger partial charge in [0.05, 0.1) is 18.8 Å². The summed E-state index contributed by atoms with van der Waals surface area (Å²) in [4.78, 5) is 0. The van der Waals surface area contributed by atoms with E-state index >= 15 is 0 Å². The van der Waals surface area contributed by atoms with Gasteiger partial charge in [-0.05, 0) is 19.3 Å². The molecule has 0 saturated heterocycles. The molecule has 0 amide bonds. The SMILES string of the molecule is CC(O)C(C)C/C=C\[C@@H](O)CO. The zero-order chi connectivity index (χ0) is 9.56. The average molecular weight is 174 g/mol. The molecule has 0 rings (SSSR count). The highest BCUT2D eigenvalue weighted by Crippen LogP contribution is 2.08. The third kappa shape index (κ3) is 5.29. The molecule has 3 heteroatoms. The highest BCUT2D eigenvalue weighted by molar-refractivity contribution is 4.89. The van der Waals surface area contributed by atoms with Crippen molar-refractivity contribution in [3.05, 3.63) is 12.2 Å². The second kappa shape index (κ2) is 6.17. The summed E-state index contributed by atoms with van der Waals surface area (Å²) >= 11 is 0. The topological polar surface area (TPSA) is 60.7 Å². The molecule has 0 radical (unpaired) electrons. The normalized spacial score (nSPS) is 19.4. The second-order valence-corrected chi connectivity index (χ2v) is 3.13. The Labute approximate surface area is 73.4 Å². The number of hydrogen-bond donors (Lipinski definition) is 3. The molecule has 0 aromatic rings. The van der Waals surface area contributed by atoms with Crippen LogP contribution in [0.1, 0.15) is 20.3 Å². The third-order valence-electron chi connectivity index (χ3n) is 1.88. The number of hydrogen-bond acceptors (Lipinski definition) is 3. The Kier molecular flexibility index (Phi) is 5.98. The molecule has 3 nitrogen and oxygen atoms in total. The molecule has 0 fully saturated rings. The van der Waals surface area contributed by atoms with E-state index in [9.17, 15) is 0 Å². The minimum absolute atomic E-state index is 0.187. The van der Waals surface area contributed by atoms with Gasteiger partial charge in [0.25, 0.3) is 0 Å². The summed E-state index contributed by atoms with van der Waals surface area (Å²) in [6.07, 6.45) is 2.93. The lowest BCUT2D eigenvalue weighted by Gasteiger charge is -2.11. The van der Waals surface area contributed by atoms with Crippen molar-refractivity contribution in [2.75, 3.05) is 6.61 Å². The molecule has 0 aromatic heterocycles. The molecule has 3 atom stereocenters.